The van der Waals surface area contributed by atoms with Gasteiger partial charge in [-0.3, -0.25) is 4.79 Å². The standard InChI is InChI=1S/C9H11F2N3O/c1-14(4-7(13)15)9-6(12)3-2-5(10)8(9)11/h2-3H,4,12H2,1H3,(H2,13,15). The zero-order chi connectivity index (χ0) is 11.6. The average Bonchev–Trinajstić information content (AvgIpc) is 2.11. The topological polar surface area (TPSA) is 72.3 Å². The van der Waals surface area contributed by atoms with Crippen LogP contribution in [0.2, 0.25) is 0 Å². The Hall–Kier alpha value is -1.85. The molecule has 0 radical (unpaired) electrons. The second-order valence-corrected chi connectivity index (χ2v) is 3.12. The number of nitrogen functional groups attached to an aromatic ring is 1. The van der Waals surface area contributed by atoms with Crippen LogP contribution < -0.4 is 16.4 Å². The van der Waals surface area contributed by atoms with Gasteiger partial charge in [-0.2, -0.15) is 0 Å². The normalized spacial score (nSPS) is 10.1. The van der Waals surface area contributed by atoms with E-state index < -0.39 is 17.5 Å². The molecule has 4 nitrogen and oxygen atoms in total. The van der Waals surface area contributed by atoms with E-state index in [0.29, 0.717) is 0 Å². The van der Waals surface area contributed by atoms with E-state index in [1.807, 2.05) is 0 Å². The Morgan fingerprint density at radius 1 is 1.47 bits per heavy atom. The summed E-state index contributed by atoms with van der Waals surface area (Å²) < 4.78 is 26.2. The molecule has 82 valence electrons. The number of hydrogen-bond acceptors (Lipinski definition) is 3. The number of amides is 1. The molecule has 1 rings (SSSR count). The van der Waals surface area contributed by atoms with Crippen LogP contribution in [-0.2, 0) is 4.79 Å². The first-order valence-corrected chi connectivity index (χ1v) is 4.16. The number of hydrogen-bond donors (Lipinski definition) is 2. The molecule has 0 aliphatic carbocycles. The number of carbonyl (C=O) groups is 1. The maximum atomic E-state index is 13.3. The van der Waals surface area contributed by atoms with Crippen molar-refractivity contribution in [3.8, 4) is 0 Å². The molecule has 1 aromatic carbocycles. The minimum absolute atomic E-state index is 0.0534. The van der Waals surface area contributed by atoms with Crippen molar-refractivity contribution in [3.05, 3.63) is 23.8 Å². The SMILES string of the molecule is CN(CC(N)=O)c1c(N)ccc(F)c1F. The van der Waals surface area contributed by atoms with E-state index in [0.717, 1.165) is 11.0 Å². The zero-order valence-corrected chi connectivity index (χ0v) is 8.13. The Morgan fingerprint density at radius 2 is 2.07 bits per heavy atom. The molecule has 0 saturated heterocycles. The summed E-state index contributed by atoms with van der Waals surface area (Å²) in [7, 11) is 1.40. The minimum Gasteiger partial charge on any atom is -0.397 e. The average molecular weight is 215 g/mol. The lowest BCUT2D eigenvalue weighted by Gasteiger charge is -2.19. The van der Waals surface area contributed by atoms with Gasteiger partial charge in [0.1, 0.15) is 0 Å². The second kappa shape index (κ2) is 4.12. The Balaban J connectivity index is 3.12. The third kappa shape index (κ3) is 2.34. The predicted molar refractivity (Wildman–Crippen MR) is 53.2 cm³/mol. The lowest BCUT2D eigenvalue weighted by Crippen LogP contribution is -2.31. The molecule has 0 unspecified atom stereocenters. The van der Waals surface area contributed by atoms with Crippen molar-refractivity contribution in [1.29, 1.82) is 0 Å². The second-order valence-electron chi connectivity index (χ2n) is 3.12. The third-order valence-electron chi connectivity index (χ3n) is 1.87. The molecule has 0 bridgehead atoms. The fraction of sp³-hybridized carbons (Fsp3) is 0.222. The molecule has 0 heterocycles. The van der Waals surface area contributed by atoms with E-state index in [2.05, 4.69) is 0 Å². The maximum absolute atomic E-state index is 13.3. The molecular formula is C9H11F2N3O. The van der Waals surface area contributed by atoms with Gasteiger partial charge >= 0.3 is 0 Å². The molecule has 0 atom stereocenters. The minimum atomic E-state index is -1.08. The number of nitrogens with zero attached hydrogens (tertiary/aromatic N) is 1. The number of rotatable bonds is 3. The molecule has 0 spiro atoms. The van der Waals surface area contributed by atoms with Crippen LogP contribution in [0.3, 0.4) is 0 Å². The van der Waals surface area contributed by atoms with Crippen LogP contribution in [0.25, 0.3) is 0 Å². The predicted octanol–water partition coefficient (Wildman–Crippen LogP) is 0.469. The highest BCUT2D eigenvalue weighted by Gasteiger charge is 2.16. The number of primary amides is 1. The first-order valence-electron chi connectivity index (χ1n) is 4.16. The van der Waals surface area contributed by atoms with Gasteiger partial charge in [0.2, 0.25) is 5.91 Å². The summed E-state index contributed by atoms with van der Waals surface area (Å²) in [5, 5.41) is 0. The van der Waals surface area contributed by atoms with E-state index in [1.54, 1.807) is 0 Å². The first kappa shape index (κ1) is 11.2. The van der Waals surface area contributed by atoms with Crippen molar-refractivity contribution in [2.75, 3.05) is 24.2 Å². The Labute approximate surface area is 85.5 Å². The molecule has 0 aliphatic heterocycles. The number of likely N-dealkylation sites (N-methyl/N-ethyl adjacent to an activating group) is 1. The van der Waals surface area contributed by atoms with Crippen LogP contribution in [-0.4, -0.2) is 19.5 Å². The summed E-state index contributed by atoms with van der Waals surface area (Å²) in [4.78, 5) is 11.8. The highest BCUT2D eigenvalue weighted by Crippen LogP contribution is 2.27. The Kier molecular flexibility index (Phi) is 3.08. The Bertz CT molecular complexity index is 395. The van der Waals surface area contributed by atoms with Gasteiger partial charge in [-0.1, -0.05) is 0 Å². The number of nitrogens with two attached hydrogens (primary N) is 2. The molecule has 0 saturated carbocycles. The van der Waals surface area contributed by atoms with Crippen molar-refractivity contribution in [3.63, 3.8) is 0 Å². The highest BCUT2D eigenvalue weighted by atomic mass is 19.2. The van der Waals surface area contributed by atoms with Crippen molar-refractivity contribution in [2.24, 2.45) is 5.73 Å². The van der Waals surface area contributed by atoms with Crippen LogP contribution in [0, 0.1) is 11.6 Å². The number of benzene rings is 1. The van der Waals surface area contributed by atoms with Crippen LogP contribution in [0.5, 0.6) is 0 Å². The molecule has 6 heteroatoms. The van der Waals surface area contributed by atoms with Crippen LogP contribution in [0.15, 0.2) is 12.1 Å². The molecule has 1 amide bonds. The largest absolute Gasteiger partial charge is 0.397 e. The van der Waals surface area contributed by atoms with Gasteiger partial charge in [0.05, 0.1) is 17.9 Å². The smallest absolute Gasteiger partial charge is 0.236 e. The molecule has 1 aromatic rings. The van der Waals surface area contributed by atoms with Gasteiger partial charge in [0, 0.05) is 7.05 Å². The number of anilines is 2. The van der Waals surface area contributed by atoms with Gasteiger partial charge in [-0.15, -0.1) is 0 Å². The third-order valence-corrected chi connectivity index (χ3v) is 1.87. The number of halogens is 2. The van der Waals surface area contributed by atoms with Crippen LogP contribution >= 0.6 is 0 Å². The monoisotopic (exact) mass is 215 g/mol. The Morgan fingerprint density at radius 3 is 2.60 bits per heavy atom. The summed E-state index contributed by atoms with van der Waals surface area (Å²) in [5.74, 6) is -2.75. The quantitative estimate of drug-likeness (QED) is 0.720. The fourth-order valence-corrected chi connectivity index (χ4v) is 1.26. The van der Waals surface area contributed by atoms with E-state index in [4.69, 9.17) is 11.5 Å². The van der Waals surface area contributed by atoms with Crippen molar-refractivity contribution >= 4 is 17.3 Å². The summed E-state index contributed by atoms with van der Waals surface area (Å²) in [6.07, 6.45) is 0. The van der Waals surface area contributed by atoms with Gasteiger partial charge in [0.15, 0.2) is 11.6 Å². The summed E-state index contributed by atoms with van der Waals surface area (Å²) in [6.45, 7) is -0.232. The molecular weight excluding hydrogens is 204 g/mol. The van der Waals surface area contributed by atoms with Crippen molar-refractivity contribution < 1.29 is 13.6 Å². The number of carbonyl (C=O) groups excluding carboxylic acids is 1. The molecule has 0 aliphatic rings. The highest BCUT2D eigenvalue weighted by molar-refractivity contribution is 5.81. The summed E-state index contributed by atoms with van der Waals surface area (Å²) in [5.41, 5.74) is 10.3. The van der Waals surface area contributed by atoms with Crippen molar-refractivity contribution in [1.82, 2.24) is 0 Å². The van der Waals surface area contributed by atoms with E-state index >= 15 is 0 Å². The van der Waals surface area contributed by atoms with Crippen LogP contribution in [0.4, 0.5) is 20.2 Å². The summed E-state index contributed by atoms with van der Waals surface area (Å²) in [6, 6.07) is 2.15. The van der Waals surface area contributed by atoms with E-state index in [1.165, 1.54) is 13.1 Å². The van der Waals surface area contributed by atoms with Crippen LogP contribution in [0.1, 0.15) is 0 Å². The molecule has 15 heavy (non-hydrogen) atoms. The van der Waals surface area contributed by atoms with Gasteiger partial charge in [-0.25, -0.2) is 8.78 Å². The van der Waals surface area contributed by atoms with Crippen molar-refractivity contribution in [2.45, 2.75) is 0 Å². The first-order chi connectivity index (χ1) is 6.93. The lowest BCUT2D eigenvalue weighted by atomic mass is 10.2. The van der Waals surface area contributed by atoms with E-state index in [9.17, 15) is 13.6 Å². The fourth-order valence-electron chi connectivity index (χ4n) is 1.26. The molecule has 0 fully saturated rings. The van der Waals surface area contributed by atoms with Gasteiger partial charge in [0.25, 0.3) is 0 Å². The molecule has 0 aromatic heterocycles. The maximum Gasteiger partial charge on any atom is 0.236 e. The lowest BCUT2D eigenvalue weighted by molar-refractivity contribution is -0.116. The zero-order valence-electron chi connectivity index (χ0n) is 8.13. The van der Waals surface area contributed by atoms with Gasteiger partial charge < -0.3 is 16.4 Å². The molecule has 4 N–H and O–H groups in total. The van der Waals surface area contributed by atoms with Gasteiger partial charge in [-0.05, 0) is 12.1 Å². The van der Waals surface area contributed by atoms with E-state index in [-0.39, 0.29) is 17.9 Å². The summed E-state index contributed by atoms with van der Waals surface area (Å²) >= 11 is 0.